The van der Waals surface area contributed by atoms with Gasteiger partial charge in [-0.2, -0.15) is 9.29 Å². The third-order valence-corrected chi connectivity index (χ3v) is 7.58. The highest BCUT2D eigenvalue weighted by molar-refractivity contribution is 7.89. The maximum atomic E-state index is 13.4. The summed E-state index contributed by atoms with van der Waals surface area (Å²) in [5.74, 6) is 1.05. The van der Waals surface area contributed by atoms with Gasteiger partial charge >= 0.3 is 0 Å². The van der Waals surface area contributed by atoms with Crippen molar-refractivity contribution in [1.82, 2.24) is 14.4 Å². The molecule has 2 heterocycles. The third kappa shape index (κ3) is 3.58. The van der Waals surface area contributed by atoms with Crippen LogP contribution < -0.4 is 4.90 Å². The molecule has 158 valence electrons. The average Bonchev–Trinajstić information content (AvgIpc) is 3.25. The van der Waals surface area contributed by atoms with E-state index in [0.29, 0.717) is 42.8 Å². The SMILES string of the molecule is Cc1nc(-c2ccccc2N2CCN(S(=O)(=O)c3cccc4ccccc34)CC2)no1. The fraction of sp³-hybridized carbons (Fsp3) is 0.217. The molecule has 0 aliphatic carbocycles. The lowest BCUT2D eigenvalue weighted by atomic mass is 10.1. The van der Waals surface area contributed by atoms with E-state index in [-0.39, 0.29) is 0 Å². The molecule has 0 radical (unpaired) electrons. The van der Waals surface area contributed by atoms with E-state index in [2.05, 4.69) is 15.0 Å². The Hall–Kier alpha value is -3.23. The molecule has 0 amide bonds. The first-order valence-corrected chi connectivity index (χ1v) is 11.6. The Balaban J connectivity index is 1.40. The zero-order valence-corrected chi connectivity index (χ0v) is 17.9. The second-order valence-electron chi connectivity index (χ2n) is 7.52. The standard InChI is InChI=1S/C23H22N4O3S/c1-17-24-23(25-30-17)20-10-4-5-11-21(20)26-13-15-27(16-14-26)31(28,29)22-12-6-8-18-7-2-3-9-19(18)22/h2-12H,13-16H2,1H3. The number of rotatable bonds is 4. The van der Waals surface area contributed by atoms with Gasteiger partial charge in [-0.05, 0) is 23.6 Å². The Morgan fingerprint density at radius 3 is 2.35 bits per heavy atom. The van der Waals surface area contributed by atoms with Crippen LogP contribution in [0.4, 0.5) is 5.69 Å². The van der Waals surface area contributed by atoms with Crippen LogP contribution in [0.1, 0.15) is 5.89 Å². The van der Waals surface area contributed by atoms with Gasteiger partial charge in [-0.1, -0.05) is 53.7 Å². The minimum atomic E-state index is -3.59. The number of aromatic nitrogens is 2. The predicted molar refractivity (Wildman–Crippen MR) is 119 cm³/mol. The highest BCUT2D eigenvalue weighted by atomic mass is 32.2. The quantitative estimate of drug-likeness (QED) is 0.487. The molecule has 1 saturated heterocycles. The van der Waals surface area contributed by atoms with E-state index in [1.165, 1.54) is 0 Å². The van der Waals surface area contributed by atoms with E-state index in [1.54, 1.807) is 23.4 Å². The lowest BCUT2D eigenvalue weighted by Crippen LogP contribution is -2.48. The molecule has 0 spiro atoms. The van der Waals surface area contributed by atoms with Gasteiger partial charge < -0.3 is 9.42 Å². The van der Waals surface area contributed by atoms with Crippen LogP contribution in [0.3, 0.4) is 0 Å². The van der Waals surface area contributed by atoms with Crippen LogP contribution >= 0.6 is 0 Å². The molecule has 0 bridgehead atoms. The highest BCUT2D eigenvalue weighted by Gasteiger charge is 2.30. The molecule has 0 N–H and O–H groups in total. The van der Waals surface area contributed by atoms with Crippen molar-refractivity contribution >= 4 is 26.5 Å². The van der Waals surface area contributed by atoms with Crippen molar-refractivity contribution < 1.29 is 12.9 Å². The number of piperazine rings is 1. The zero-order chi connectivity index (χ0) is 21.4. The monoisotopic (exact) mass is 434 g/mol. The summed E-state index contributed by atoms with van der Waals surface area (Å²) >= 11 is 0. The summed E-state index contributed by atoms with van der Waals surface area (Å²) in [5.41, 5.74) is 1.86. The van der Waals surface area contributed by atoms with Gasteiger partial charge in [0.05, 0.1) is 4.90 Å². The van der Waals surface area contributed by atoms with E-state index < -0.39 is 10.0 Å². The molecule has 1 aliphatic rings. The Morgan fingerprint density at radius 1 is 0.871 bits per heavy atom. The molecule has 31 heavy (non-hydrogen) atoms. The lowest BCUT2D eigenvalue weighted by molar-refractivity contribution is 0.385. The molecule has 5 rings (SSSR count). The van der Waals surface area contributed by atoms with Gasteiger partial charge in [-0.3, -0.25) is 0 Å². The number of hydrogen-bond acceptors (Lipinski definition) is 6. The van der Waals surface area contributed by atoms with Crippen LogP contribution in [0.15, 0.2) is 76.1 Å². The van der Waals surface area contributed by atoms with Crippen LogP contribution in [0.25, 0.3) is 22.2 Å². The summed E-state index contributed by atoms with van der Waals surface area (Å²) in [6.45, 7) is 3.74. The summed E-state index contributed by atoms with van der Waals surface area (Å²) in [5, 5.41) is 5.72. The molecule has 0 atom stereocenters. The van der Waals surface area contributed by atoms with E-state index in [1.807, 2.05) is 54.6 Å². The van der Waals surface area contributed by atoms with Crippen molar-refractivity contribution in [1.29, 1.82) is 0 Å². The van der Waals surface area contributed by atoms with Gasteiger partial charge in [0.2, 0.25) is 21.7 Å². The number of fused-ring (bicyclic) bond motifs is 1. The van der Waals surface area contributed by atoms with Gasteiger partial charge in [0.15, 0.2) is 0 Å². The van der Waals surface area contributed by atoms with Crippen LogP contribution in [0.5, 0.6) is 0 Å². The maximum Gasteiger partial charge on any atom is 0.243 e. The first-order chi connectivity index (χ1) is 15.0. The van der Waals surface area contributed by atoms with Crippen LogP contribution in [-0.2, 0) is 10.0 Å². The van der Waals surface area contributed by atoms with Crippen molar-refractivity contribution in [3.05, 3.63) is 72.6 Å². The van der Waals surface area contributed by atoms with E-state index in [0.717, 1.165) is 22.0 Å². The molecule has 3 aromatic carbocycles. The maximum absolute atomic E-state index is 13.4. The molecule has 1 fully saturated rings. The van der Waals surface area contributed by atoms with Gasteiger partial charge in [-0.25, -0.2) is 8.42 Å². The second kappa shape index (κ2) is 7.79. The van der Waals surface area contributed by atoms with Gasteiger partial charge in [-0.15, -0.1) is 0 Å². The Labute approximate surface area is 181 Å². The molecular formula is C23H22N4O3S. The average molecular weight is 435 g/mol. The summed E-state index contributed by atoms with van der Waals surface area (Å²) in [6.07, 6.45) is 0. The molecule has 7 nitrogen and oxygen atoms in total. The number of nitrogens with zero attached hydrogens (tertiary/aromatic N) is 4. The van der Waals surface area contributed by atoms with Crippen molar-refractivity contribution in [2.24, 2.45) is 0 Å². The fourth-order valence-corrected chi connectivity index (χ4v) is 5.71. The van der Waals surface area contributed by atoms with Crippen molar-refractivity contribution in [3.8, 4) is 11.4 Å². The molecule has 1 aliphatic heterocycles. The van der Waals surface area contributed by atoms with Gasteiger partial charge in [0.1, 0.15) is 0 Å². The van der Waals surface area contributed by atoms with E-state index >= 15 is 0 Å². The summed E-state index contributed by atoms with van der Waals surface area (Å²) in [6, 6.07) is 20.9. The van der Waals surface area contributed by atoms with E-state index in [4.69, 9.17) is 4.52 Å². The number of hydrogen-bond donors (Lipinski definition) is 0. The second-order valence-corrected chi connectivity index (χ2v) is 9.43. The molecule has 1 aromatic heterocycles. The molecule has 0 saturated carbocycles. The largest absolute Gasteiger partial charge is 0.368 e. The number of para-hydroxylation sites is 1. The highest BCUT2D eigenvalue weighted by Crippen LogP contribution is 2.31. The lowest BCUT2D eigenvalue weighted by Gasteiger charge is -2.36. The number of benzene rings is 3. The molecular weight excluding hydrogens is 412 g/mol. The van der Waals surface area contributed by atoms with Crippen molar-refractivity contribution in [2.75, 3.05) is 31.1 Å². The Bertz CT molecular complexity index is 1340. The summed E-state index contributed by atoms with van der Waals surface area (Å²) in [7, 11) is -3.59. The number of anilines is 1. The first-order valence-electron chi connectivity index (χ1n) is 10.2. The minimum Gasteiger partial charge on any atom is -0.368 e. The number of aryl methyl sites for hydroxylation is 1. The first kappa shape index (κ1) is 19.7. The fourth-order valence-electron chi connectivity index (χ4n) is 4.08. The molecule has 8 heteroatoms. The predicted octanol–water partition coefficient (Wildman–Crippen LogP) is 3.71. The van der Waals surface area contributed by atoms with E-state index in [9.17, 15) is 8.42 Å². The zero-order valence-electron chi connectivity index (χ0n) is 17.1. The van der Waals surface area contributed by atoms with Gasteiger partial charge in [0.25, 0.3) is 0 Å². The molecule has 4 aromatic rings. The normalized spacial score (nSPS) is 15.5. The number of sulfonamides is 1. The van der Waals surface area contributed by atoms with Crippen LogP contribution in [0, 0.1) is 6.92 Å². The van der Waals surface area contributed by atoms with Crippen molar-refractivity contribution in [2.45, 2.75) is 11.8 Å². The van der Waals surface area contributed by atoms with Crippen molar-refractivity contribution in [3.63, 3.8) is 0 Å². The Morgan fingerprint density at radius 2 is 1.58 bits per heavy atom. The third-order valence-electron chi connectivity index (χ3n) is 5.62. The smallest absolute Gasteiger partial charge is 0.243 e. The Kier molecular flexibility index (Phi) is 4.95. The van der Waals surface area contributed by atoms with Gasteiger partial charge in [0, 0.05) is 49.7 Å². The van der Waals surface area contributed by atoms with Crippen LogP contribution in [0.2, 0.25) is 0 Å². The molecule has 0 unspecified atom stereocenters. The summed E-state index contributed by atoms with van der Waals surface area (Å²) in [4.78, 5) is 6.89. The summed E-state index contributed by atoms with van der Waals surface area (Å²) < 4.78 is 33.5. The topological polar surface area (TPSA) is 79.5 Å². The van der Waals surface area contributed by atoms with Crippen LogP contribution in [-0.4, -0.2) is 49.0 Å². The minimum absolute atomic E-state index is 0.363.